The van der Waals surface area contributed by atoms with E-state index in [2.05, 4.69) is 21.0 Å². The largest absolute Gasteiger partial charge is 0.496 e. The molecular formula is C15H20N4O. The Kier molecular flexibility index (Phi) is 4.29. The Morgan fingerprint density at radius 1 is 1.10 bits per heavy atom. The highest BCUT2D eigenvalue weighted by Gasteiger charge is 2.14. The minimum absolute atomic E-state index is 0.521. The van der Waals surface area contributed by atoms with E-state index in [1.54, 1.807) is 7.11 Å². The van der Waals surface area contributed by atoms with E-state index in [1.807, 2.05) is 26.8 Å². The SMILES string of the molecule is COc1c(C)cc(C)cc1-c1nc(C)nc(CCN)n1. The summed E-state index contributed by atoms with van der Waals surface area (Å²) in [5, 5.41) is 0. The number of benzene rings is 1. The van der Waals surface area contributed by atoms with Crippen LogP contribution in [0.2, 0.25) is 0 Å². The van der Waals surface area contributed by atoms with Crippen molar-refractivity contribution in [2.24, 2.45) is 5.73 Å². The van der Waals surface area contributed by atoms with E-state index in [9.17, 15) is 0 Å². The minimum atomic E-state index is 0.521. The Balaban J connectivity index is 2.61. The van der Waals surface area contributed by atoms with Crippen molar-refractivity contribution in [3.63, 3.8) is 0 Å². The standard InChI is InChI=1S/C15H20N4O/c1-9-7-10(2)14(20-4)12(8-9)15-18-11(3)17-13(19-15)5-6-16/h7-8H,5-6,16H2,1-4H3. The van der Waals surface area contributed by atoms with Crippen molar-refractivity contribution in [2.75, 3.05) is 13.7 Å². The van der Waals surface area contributed by atoms with Crippen LogP contribution >= 0.6 is 0 Å². The van der Waals surface area contributed by atoms with Crippen molar-refractivity contribution in [3.05, 3.63) is 34.9 Å². The normalized spacial score (nSPS) is 10.7. The highest BCUT2D eigenvalue weighted by molar-refractivity contribution is 5.67. The van der Waals surface area contributed by atoms with Gasteiger partial charge in [0, 0.05) is 6.42 Å². The van der Waals surface area contributed by atoms with E-state index in [0.29, 0.717) is 24.6 Å². The van der Waals surface area contributed by atoms with Gasteiger partial charge in [0.2, 0.25) is 0 Å². The molecule has 0 saturated carbocycles. The van der Waals surface area contributed by atoms with Crippen LogP contribution in [0, 0.1) is 20.8 Å². The molecule has 1 aromatic heterocycles. The van der Waals surface area contributed by atoms with Crippen LogP contribution in [0.5, 0.6) is 5.75 Å². The van der Waals surface area contributed by atoms with Crippen molar-refractivity contribution in [1.82, 2.24) is 15.0 Å². The van der Waals surface area contributed by atoms with Gasteiger partial charge in [0.25, 0.3) is 0 Å². The van der Waals surface area contributed by atoms with Crippen LogP contribution in [0.4, 0.5) is 0 Å². The van der Waals surface area contributed by atoms with Gasteiger partial charge in [-0.2, -0.15) is 0 Å². The molecule has 2 N–H and O–H groups in total. The van der Waals surface area contributed by atoms with Gasteiger partial charge in [0.05, 0.1) is 12.7 Å². The van der Waals surface area contributed by atoms with E-state index in [-0.39, 0.29) is 0 Å². The maximum Gasteiger partial charge on any atom is 0.167 e. The number of nitrogens with zero attached hydrogens (tertiary/aromatic N) is 3. The molecule has 20 heavy (non-hydrogen) atoms. The van der Waals surface area contributed by atoms with Gasteiger partial charge in [-0.3, -0.25) is 0 Å². The topological polar surface area (TPSA) is 73.9 Å². The first kappa shape index (κ1) is 14.4. The van der Waals surface area contributed by atoms with Crippen molar-refractivity contribution >= 4 is 0 Å². The van der Waals surface area contributed by atoms with E-state index < -0.39 is 0 Å². The van der Waals surface area contributed by atoms with Crippen molar-refractivity contribution in [3.8, 4) is 17.1 Å². The Morgan fingerprint density at radius 3 is 2.50 bits per heavy atom. The molecule has 0 radical (unpaired) electrons. The van der Waals surface area contributed by atoms with Gasteiger partial charge in [0.1, 0.15) is 17.4 Å². The smallest absolute Gasteiger partial charge is 0.167 e. The monoisotopic (exact) mass is 272 g/mol. The molecule has 2 rings (SSSR count). The van der Waals surface area contributed by atoms with E-state index >= 15 is 0 Å². The zero-order valence-corrected chi connectivity index (χ0v) is 12.4. The third kappa shape index (κ3) is 2.93. The zero-order valence-electron chi connectivity index (χ0n) is 12.4. The first-order valence-corrected chi connectivity index (χ1v) is 6.62. The summed E-state index contributed by atoms with van der Waals surface area (Å²) in [7, 11) is 1.66. The summed E-state index contributed by atoms with van der Waals surface area (Å²) in [6.07, 6.45) is 0.642. The molecule has 5 nitrogen and oxygen atoms in total. The summed E-state index contributed by atoms with van der Waals surface area (Å²) in [5.41, 5.74) is 8.70. The molecule has 0 atom stereocenters. The first-order valence-electron chi connectivity index (χ1n) is 6.62. The molecule has 0 spiro atoms. The van der Waals surface area contributed by atoms with Gasteiger partial charge in [-0.15, -0.1) is 0 Å². The number of aromatic nitrogens is 3. The highest BCUT2D eigenvalue weighted by Crippen LogP contribution is 2.32. The fourth-order valence-electron chi connectivity index (χ4n) is 2.29. The van der Waals surface area contributed by atoms with Crippen LogP contribution < -0.4 is 10.5 Å². The van der Waals surface area contributed by atoms with Crippen molar-refractivity contribution in [1.29, 1.82) is 0 Å². The molecule has 0 amide bonds. The van der Waals surface area contributed by atoms with Gasteiger partial charge in [0.15, 0.2) is 5.82 Å². The molecule has 2 aromatic rings. The second-order valence-electron chi connectivity index (χ2n) is 4.82. The molecule has 0 saturated heterocycles. The molecule has 0 aliphatic carbocycles. The highest BCUT2D eigenvalue weighted by atomic mass is 16.5. The summed E-state index contributed by atoms with van der Waals surface area (Å²) >= 11 is 0. The molecule has 5 heteroatoms. The molecule has 0 aliphatic rings. The number of hydrogen-bond acceptors (Lipinski definition) is 5. The maximum absolute atomic E-state index is 5.58. The number of hydrogen-bond donors (Lipinski definition) is 1. The summed E-state index contributed by atoms with van der Waals surface area (Å²) in [5.74, 6) is 2.86. The Hall–Kier alpha value is -2.01. The molecule has 0 bridgehead atoms. The number of methoxy groups -OCH3 is 1. The van der Waals surface area contributed by atoms with Gasteiger partial charge < -0.3 is 10.5 Å². The lowest BCUT2D eigenvalue weighted by atomic mass is 10.0. The third-order valence-electron chi connectivity index (χ3n) is 3.03. The Labute approximate surface area is 119 Å². The molecular weight excluding hydrogens is 252 g/mol. The second kappa shape index (κ2) is 5.96. The van der Waals surface area contributed by atoms with Crippen LogP contribution in [0.15, 0.2) is 12.1 Å². The van der Waals surface area contributed by atoms with Crippen LogP contribution in [0.3, 0.4) is 0 Å². The molecule has 0 unspecified atom stereocenters. The number of aryl methyl sites for hydroxylation is 3. The molecule has 1 aromatic carbocycles. The van der Waals surface area contributed by atoms with E-state index in [4.69, 9.17) is 10.5 Å². The average Bonchev–Trinajstić information content (AvgIpc) is 2.37. The quantitative estimate of drug-likeness (QED) is 0.921. The summed E-state index contributed by atoms with van der Waals surface area (Å²) in [6.45, 7) is 6.45. The number of nitrogens with two attached hydrogens (primary N) is 1. The van der Waals surface area contributed by atoms with E-state index in [1.165, 1.54) is 0 Å². The van der Waals surface area contributed by atoms with E-state index in [0.717, 1.165) is 28.3 Å². The van der Waals surface area contributed by atoms with Gasteiger partial charge >= 0.3 is 0 Å². The second-order valence-corrected chi connectivity index (χ2v) is 4.82. The first-order chi connectivity index (χ1) is 9.55. The molecule has 1 heterocycles. The molecule has 106 valence electrons. The maximum atomic E-state index is 5.58. The minimum Gasteiger partial charge on any atom is -0.496 e. The summed E-state index contributed by atoms with van der Waals surface area (Å²) in [6, 6.07) is 4.12. The van der Waals surface area contributed by atoms with Crippen LogP contribution in [-0.2, 0) is 6.42 Å². The van der Waals surface area contributed by atoms with Crippen LogP contribution in [0.1, 0.15) is 22.8 Å². The fraction of sp³-hybridized carbons (Fsp3) is 0.400. The van der Waals surface area contributed by atoms with Crippen LogP contribution in [-0.4, -0.2) is 28.6 Å². The van der Waals surface area contributed by atoms with Gasteiger partial charge in [-0.25, -0.2) is 15.0 Å². The van der Waals surface area contributed by atoms with Crippen molar-refractivity contribution in [2.45, 2.75) is 27.2 Å². The zero-order chi connectivity index (χ0) is 14.7. The molecule has 0 fully saturated rings. The molecule has 0 aliphatic heterocycles. The summed E-state index contributed by atoms with van der Waals surface area (Å²) < 4.78 is 5.50. The lowest BCUT2D eigenvalue weighted by Gasteiger charge is -2.12. The van der Waals surface area contributed by atoms with Crippen molar-refractivity contribution < 1.29 is 4.74 Å². The number of ether oxygens (including phenoxy) is 1. The van der Waals surface area contributed by atoms with Gasteiger partial charge in [-0.05, 0) is 44.5 Å². The predicted octanol–water partition coefficient (Wildman–Crippen LogP) is 1.97. The number of rotatable bonds is 4. The Bertz CT molecular complexity index is 626. The van der Waals surface area contributed by atoms with Gasteiger partial charge in [-0.1, -0.05) is 6.07 Å². The lowest BCUT2D eigenvalue weighted by molar-refractivity contribution is 0.413. The van der Waals surface area contributed by atoms with Crippen LogP contribution in [0.25, 0.3) is 11.4 Å². The summed E-state index contributed by atoms with van der Waals surface area (Å²) in [4.78, 5) is 13.2. The predicted molar refractivity (Wildman–Crippen MR) is 78.8 cm³/mol. The Morgan fingerprint density at radius 2 is 1.85 bits per heavy atom. The lowest BCUT2D eigenvalue weighted by Crippen LogP contribution is -2.09. The fourth-order valence-corrected chi connectivity index (χ4v) is 2.29. The average molecular weight is 272 g/mol. The third-order valence-corrected chi connectivity index (χ3v) is 3.03.